The van der Waals surface area contributed by atoms with E-state index in [9.17, 15) is 4.79 Å². The summed E-state index contributed by atoms with van der Waals surface area (Å²) in [4.78, 5) is 10.4. The average Bonchev–Trinajstić information content (AvgIpc) is 1.93. The molecule has 4 nitrogen and oxygen atoms in total. The Kier molecular flexibility index (Phi) is 5.66. The highest BCUT2D eigenvalue weighted by molar-refractivity contribution is 5.73. The minimum Gasteiger partial charge on any atom is -0.370 e. The smallest absolute Gasteiger partial charge is 0.217 e. The van der Waals surface area contributed by atoms with Crippen molar-refractivity contribution in [3.63, 3.8) is 0 Å². The molecule has 4 heteroatoms. The third-order valence-corrected chi connectivity index (χ3v) is 1.38. The third kappa shape index (κ3) is 11.4. The van der Waals surface area contributed by atoms with Gasteiger partial charge in [0.2, 0.25) is 5.91 Å². The SMILES string of the molecule is CC(C)(C)OCNCCCC(N)=O. The van der Waals surface area contributed by atoms with E-state index in [1.54, 1.807) is 0 Å². The van der Waals surface area contributed by atoms with Crippen LogP contribution < -0.4 is 11.1 Å². The third-order valence-electron chi connectivity index (χ3n) is 1.38. The van der Waals surface area contributed by atoms with Crippen molar-refractivity contribution in [2.45, 2.75) is 39.2 Å². The van der Waals surface area contributed by atoms with Crippen molar-refractivity contribution in [3.8, 4) is 0 Å². The number of rotatable bonds is 6. The maximum Gasteiger partial charge on any atom is 0.217 e. The summed E-state index contributed by atoms with van der Waals surface area (Å²) >= 11 is 0. The Morgan fingerprint density at radius 2 is 2.08 bits per heavy atom. The number of carbonyl (C=O) groups excluding carboxylic acids is 1. The van der Waals surface area contributed by atoms with E-state index in [1.807, 2.05) is 20.8 Å². The molecular weight excluding hydrogens is 168 g/mol. The van der Waals surface area contributed by atoms with Gasteiger partial charge in [0.15, 0.2) is 0 Å². The Morgan fingerprint density at radius 3 is 2.54 bits per heavy atom. The molecule has 0 saturated heterocycles. The number of ether oxygens (including phenoxy) is 1. The van der Waals surface area contributed by atoms with Gasteiger partial charge in [-0.15, -0.1) is 0 Å². The minimum atomic E-state index is -0.251. The van der Waals surface area contributed by atoms with Crippen LogP contribution in [0.3, 0.4) is 0 Å². The lowest BCUT2D eigenvalue weighted by Crippen LogP contribution is -2.28. The van der Waals surface area contributed by atoms with Gasteiger partial charge in [0.25, 0.3) is 0 Å². The number of hydrogen-bond acceptors (Lipinski definition) is 3. The molecule has 13 heavy (non-hydrogen) atoms. The molecule has 0 aromatic carbocycles. The van der Waals surface area contributed by atoms with Crippen LogP contribution in [0.25, 0.3) is 0 Å². The maximum absolute atomic E-state index is 10.4. The van der Waals surface area contributed by atoms with Crippen LogP contribution in [0.2, 0.25) is 0 Å². The molecular formula is C9H20N2O2. The van der Waals surface area contributed by atoms with Crippen molar-refractivity contribution >= 4 is 5.91 Å². The summed E-state index contributed by atoms with van der Waals surface area (Å²) in [6.07, 6.45) is 1.20. The molecule has 0 atom stereocenters. The highest BCUT2D eigenvalue weighted by Gasteiger charge is 2.08. The van der Waals surface area contributed by atoms with Crippen LogP contribution in [0.4, 0.5) is 0 Å². The molecule has 3 N–H and O–H groups in total. The topological polar surface area (TPSA) is 64.3 Å². The summed E-state index contributed by atoms with van der Waals surface area (Å²) < 4.78 is 5.41. The zero-order chi connectivity index (χ0) is 10.3. The van der Waals surface area contributed by atoms with Gasteiger partial charge in [-0.2, -0.15) is 0 Å². The first-order chi connectivity index (χ1) is 5.92. The Morgan fingerprint density at radius 1 is 1.46 bits per heavy atom. The normalized spacial score (nSPS) is 11.6. The fourth-order valence-electron chi connectivity index (χ4n) is 0.727. The van der Waals surface area contributed by atoms with Gasteiger partial charge >= 0.3 is 0 Å². The fourth-order valence-corrected chi connectivity index (χ4v) is 0.727. The molecule has 1 amide bonds. The van der Waals surface area contributed by atoms with Crippen molar-refractivity contribution in [1.29, 1.82) is 0 Å². The van der Waals surface area contributed by atoms with E-state index in [4.69, 9.17) is 10.5 Å². The molecule has 0 bridgehead atoms. The number of nitrogens with one attached hydrogen (secondary N) is 1. The number of hydrogen-bond donors (Lipinski definition) is 2. The van der Waals surface area contributed by atoms with E-state index >= 15 is 0 Å². The first kappa shape index (κ1) is 12.4. The van der Waals surface area contributed by atoms with Gasteiger partial charge in [-0.05, 0) is 33.7 Å². The second kappa shape index (κ2) is 5.94. The second-order valence-electron chi connectivity index (χ2n) is 3.97. The van der Waals surface area contributed by atoms with Crippen molar-refractivity contribution in [2.24, 2.45) is 5.73 Å². The number of nitrogens with two attached hydrogens (primary N) is 1. The lowest BCUT2D eigenvalue weighted by molar-refractivity contribution is -0.118. The first-order valence-electron chi connectivity index (χ1n) is 4.55. The van der Waals surface area contributed by atoms with Gasteiger partial charge in [0.1, 0.15) is 0 Å². The highest BCUT2D eigenvalue weighted by Crippen LogP contribution is 2.04. The summed E-state index contributed by atoms with van der Waals surface area (Å²) in [7, 11) is 0. The first-order valence-corrected chi connectivity index (χ1v) is 4.55. The predicted octanol–water partition coefficient (Wildman–Crippen LogP) is 0.614. The summed E-state index contributed by atoms with van der Waals surface area (Å²) in [6, 6.07) is 0. The van der Waals surface area contributed by atoms with E-state index < -0.39 is 0 Å². The summed E-state index contributed by atoms with van der Waals surface area (Å²) in [6.45, 7) is 7.27. The maximum atomic E-state index is 10.4. The molecule has 0 spiro atoms. The molecule has 0 aromatic rings. The van der Waals surface area contributed by atoms with Crippen molar-refractivity contribution < 1.29 is 9.53 Å². The van der Waals surface area contributed by atoms with Crippen LogP contribution in [0.5, 0.6) is 0 Å². The zero-order valence-corrected chi connectivity index (χ0v) is 8.72. The standard InChI is InChI=1S/C9H20N2O2/c1-9(2,3)13-7-11-6-4-5-8(10)12/h11H,4-7H2,1-3H3,(H2,10,12). The molecule has 0 heterocycles. The molecule has 0 fully saturated rings. The Hall–Kier alpha value is -0.610. The molecule has 0 unspecified atom stereocenters. The Bertz CT molecular complexity index is 152. The van der Waals surface area contributed by atoms with Crippen LogP contribution >= 0.6 is 0 Å². The fraction of sp³-hybridized carbons (Fsp3) is 0.889. The monoisotopic (exact) mass is 188 g/mol. The number of carbonyl (C=O) groups is 1. The van der Waals surface area contributed by atoms with Crippen LogP contribution in [-0.2, 0) is 9.53 Å². The van der Waals surface area contributed by atoms with Crippen molar-refractivity contribution in [3.05, 3.63) is 0 Å². The van der Waals surface area contributed by atoms with Gasteiger partial charge in [0, 0.05) is 6.42 Å². The summed E-state index contributed by atoms with van der Waals surface area (Å²) in [5.41, 5.74) is 4.86. The molecule has 0 aliphatic carbocycles. The van der Waals surface area contributed by atoms with Crippen LogP contribution in [0.15, 0.2) is 0 Å². The second-order valence-corrected chi connectivity index (χ2v) is 3.97. The van der Waals surface area contributed by atoms with E-state index in [1.165, 1.54) is 0 Å². The van der Waals surface area contributed by atoms with Crippen LogP contribution in [0, 0.1) is 0 Å². The highest BCUT2D eigenvalue weighted by atomic mass is 16.5. The number of primary amides is 1. The van der Waals surface area contributed by atoms with Crippen molar-refractivity contribution in [1.82, 2.24) is 5.32 Å². The summed E-state index contributed by atoms with van der Waals surface area (Å²) in [5, 5.41) is 3.07. The van der Waals surface area contributed by atoms with Crippen LogP contribution in [-0.4, -0.2) is 24.8 Å². The Labute approximate surface area is 79.8 Å². The largest absolute Gasteiger partial charge is 0.370 e. The average molecular weight is 188 g/mol. The van der Waals surface area contributed by atoms with E-state index in [0.717, 1.165) is 13.0 Å². The molecule has 0 aromatic heterocycles. The van der Waals surface area contributed by atoms with Gasteiger partial charge < -0.3 is 10.5 Å². The van der Waals surface area contributed by atoms with E-state index in [2.05, 4.69) is 5.32 Å². The quantitative estimate of drug-likeness (QED) is 0.474. The molecule has 0 saturated carbocycles. The molecule has 0 rings (SSSR count). The minimum absolute atomic E-state index is 0.114. The molecule has 0 aliphatic heterocycles. The number of amides is 1. The van der Waals surface area contributed by atoms with Gasteiger partial charge in [-0.1, -0.05) is 0 Å². The Balaban J connectivity index is 3.13. The lowest BCUT2D eigenvalue weighted by Gasteiger charge is -2.19. The van der Waals surface area contributed by atoms with Crippen molar-refractivity contribution in [2.75, 3.05) is 13.3 Å². The zero-order valence-electron chi connectivity index (χ0n) is 8.72. The van der Waals surface area contributed by atoms with Gasteiger partial charge in [0.05, 0.1) is 12.3 Å². The van der Waals surface area contributed by atoms with Crippen LogP contribution in [0.1, 0.15) is 33.6 Å². The lowest BCUT2D eigenvalue weighted by atomic mass is 10.2. The van der Waals surface area contributed by atoms with E-state index in [0.29, 0.717) is 13.2 Å². The summed E-state index contributed by atoms with van der Waals surface area (Å²) in [5.74, 6) is -0.251. The van der Waals surface area contributed by atoms with E-state index in [-0.39, 0.29) is 11.5 Å². The van der Waals surface area contributed by atoms with Gasteiger partial charge in [-0.25, -0.2) is 0 Å². The predicted molar refractivity (Wildman–Crippen MR) is 52.1 cm³/mol. The molecule has 0 aliphatic rings. The van der Waals surface area contributed by atoms with Gasteiger partial charge in [-0.3, -0.25) is 10.1 Å². The molecule has 0 radical (unpaired) electrons. The molecule has 78 valence electrons.